The molecule has 0 saturated carbocycles. The van der Waals surface area contributed by atoms with Crippen molar-refractivity contribution in [3.8, 4) is 17.3 Å². The van der Waals surface area contributed by atoms with E-state index in [0.717, 1.165) is 30.3 Å². The van der Waals surface area contributed by atoms with Crippen molar-refractivity contribution in [3.05, 3.63) is 30.3 Å². The number of hydrogen-bond acceptors (Lipinski definition) is 8. The van der Waals surface area contributed by atoms with Crippen LogP contribution in [0.4, 0.5) is 11.8 Å². The van der Waals surface area contributed by atoms with E-state index in [9.17, 15) is 0 Å². The number of rotatable bonds is 3. The van der Waals surface area contributed by atoms with Crippen molar-refractivity contribution >= 4 is 22.8 Å². The van der Waals surface area contributed by atoms with Crippen LogP contribution in [0.25, 0.3) is 22.4 Å². The van der Waals surface area contributed by atoms with E-state index < -0.39 is 0 Å². The van der Waals surface area contributed by atoms with Gasteiger partial charge in [-0.1, -0.05) is 6.07 Å². The lowest BCUT2D eigenvalue weighted by molar-refractivity contribution is 0.122. The Balaban J connectivity index is 1.84. The summed E-state index contributed by atoms with van der Waals surface area (Å²) in [4.78, 5) is 20.0. The quantitative estimate of drug-likeness (QED) is 0.767. The van der Waals surface area contributed by atoms with Crippen LogP contribution in [0.15, 0.2) is 30.3 Å². The number of aromatic nitrogens is 4. The van der Waals surface area contributed by atoms with Crippen LogP contribution in [0.1, 0.15) is 0 Å². The third-order valence-electron chi connectivity index (χ3n) is 4.05. The van der Waals surface area contributed by atoms with Gasteiger partial charge in [0, 0.05) is 19.2 Å². The first-order chi connectivity index (χ1) is 12.2. The fraction of sp³-hybridized carbons (Fsp3) is 0.294. The van der Waals surface area contributed by atoms with Crippen LogP contribution in [-0.2, 0) is 4.74 Å². The summed E-state index contributed by atoms with van der Waals surface area (Å²) in [6, 6.07) is 9.34. The number of hydrogen-bond donors (Lipinski definition) is 1. The second kappa shape index (κ2) is 6.48. The standard InChI is InChI=1S/C17H18N6O2/c1-24-14-4-2-3-11(19-14)12-5-6-13-15(20-12)16(22-17(18)21-13)23-7-9-25-10-8-23/h2-6H,7-10H2,1H3,(H2,18,21,22). The molecule has 128 valence electrons. The van der Waals surface area contributed by atoms with Gasteiger partial charge in [-0.15, -0.1) is 0 Å². The lowest BCUT2D eigenvalue weighted by atomic mass is 10.2. The number of nitrogens with zero attached hydrogens (tertiary/aromatic N) is 5. The minimum Gasteiger partial charge on any atom is -0.481 e. The Kier molecular flexibility index (Phi) is 4.02. The van der Waals surface area contributed by atoms with Crippen molar-refractivity contribution in [2.24, 2.45) is 0 Å². The molecule has 0 aromatic carbocycles. The number of pyridine rings is 2. The van der Waals surface area contributed by atoms with E-state index in [2.05, 4.69) is 19.9 Å². The second-order valence-electron chi connectivity index (χ2n) is 5.63. The Hall–Kier alpha value is -3.00. The first-order valence-electron chi connectivity index (χ1n) is 8.03. The van der Waals surface area contributed by atoms with Crippen molar-refractivity contribution in [1.29, 1.82) is 0 Å². The second-order valence-corrected chi connectivity index (χ2v) is 5.63. The molecule has 0 amide bonds. The molecule has 0 atom stereocenters. The summed E-state index contributed by atoms with van der Waals surface area (Å²) in [7, 11) is 1.59. The van der Waals surface area contributed by atoms with Gasteiger partial charge in [0.15, 0.2) is 5.82 Å². The van der Waals surface area contributed by atoms with Gasteiger partial charge in [0.25, 0.3) is 0 Å². The molecular weight excluding hydrogens is 320 g/mol. The maximum Gasteiger partial charge on any atom is 0.222 e. The van der Waals surface area contributed by atoms with Crippen LogP contribution >= 0.6 is 0 Å². The predicted octanol–water partition coefficient (Wildman–Crippen LogP) is 1.51. The van der Waals surface area contributed by atoms with Gasteiger partial charge < -0.3 is 20.1 Å². The topological polar surface area (TPSA) is 99.3 Å². The van der Waals surface area contributed by atoms with Crippen molar-refractivity contribution in [1.82, 2.24) is 19.9 Å². The summed E-state index contributed by atoms with van der Waals surface area (Å²) in [5.41, 5.74) is 8.76. The van der Waals surface area contributed by atoms with Crippen molar-refractivity contribution in [2.75, 3.05) is 44.0 Å². The SMILES string of the molecule is COc1cccc(-c2ccc3nc(N)nc(N4CCOCC4)c3n2)n1. The maximum absolute atomic E-state index is 5.88. The highest BCUT2D eigenvalue weighted by Gasteiger charge is 2.18. The highest BCUT2D eigenvalue weighted by atomic mass is 16.5. The lowest BCUT2D eigenvalue weighted by Gasteiger charge is -2.28. The number of nitrogen functional groups attached to an aromatic ring is 1. The van der Waals surface area contributed by atoms with Crippen molar-refractivity contribution in [2.45, 2.75) is 0 Å². The van der Waals surface area contributed by atoms with E-state index in [1.54, 1.807) is 13.2 Å². The largest absolute Gasteiger partial charge is 0.481 e. The van der Waals surface area contributed by atoms with Crippen LogP contribution in [0.5, 0.6) is 5.88 Å². The average molecular weight is 338 g/mol. The highest BCUT2D eigenvalue weighted by Crippen LogP contribution is 2.27. The van der Waals surface area contributed by atoms with Gasteiger partial charge in [0.2, 0.25) is 11.8 Å². The van der Waals surface area contributed by atoms with Crippen molar-refractivity contribution in [3.63, 3.8) is 0 Å². The molecule has 4 heterocycles. The van der Waals surface area contributed by atoms with Crippen LogP contribution in [0.2, 0.25) is 0 Å². The third kappa shape index (κ3) is 3.03. The Bertz CT molecular complexity index is 911. The third-order valence-corrected chi connectivity index (χ3v) is 4.05. The van der Waals surface area contributed by atoms with Gasteiger partial charge in [-0.25, -0.2) is 15.0 Å². The predicted molar refractivity (Wildman–Crippen MR) is 94.6 cm³/mol. The number of ether oxygens (including phenoxy) is 2. The summed E-state index contributed by atoms with van der Waals surface area (Å²) in [6.45, 7) is 2.80. The minimum absolute atomic E-state index is 0.239. The van der Waals surface area contributed by atoms with E-state index in [-0.39, 0.29) is 5.95 Å². The molecular formula is C17H18N6O2. The first-order valence-corrected chi connectivity index (χ1v) is 8.03. The molecule has 25 heavy (non-hydrogen) atoms. The molecule has 1 aliphatic heterocycles. The molecule has 0 aliphatic carbocycles. The summed E-state index contributed by atoms with van der Waals surface area (Å²) in [6.07, 6.45) is 0. The number of morpholine rings is 1. The molecule has 1 saturated heterocycles. The van der Waals surface area contributed by atoms with Crippen LogP contribution < -0.4 is 15.4 Å². The molecule has 3 aromatic rings. The Morgan fingerprint density at radius 2 is 1.80 bits per heavy atom. The number of methoxy groups -OCH3 is 1. The minimum atomic E-state index is 0.239. The number of fused-ring (bicyclic) bond motifs is 1. The Morgan fingerprint density at radius 1 is 1.00 bits per heavy atom. The van der Waals surface area contributed by atoms with Gasteiger partial charge in [-0.2, -0.15) is 4.98 Å². The molecule has 0 spiro atoms. The Labute approximate surface area is 144 Å². The monoisotopic (exact) mass is 338 g/mol. The average Bonchev–Trinajstić information content (AvgIpc) is 2.67. The molecule has 0 unspecified atom stereocenters. The molecule has 8 nitrogen and oxygen atoms in total. The van der Waals surface area contributed by atoms with Gasteiger partial charge in [0.1, 0.15) is 5.52 Å². The van der Waals surface area contributed by atoms with Gasteiger partial charge >= 0.3 is 0 Å². The maximum atomic E-state index is 5.88. The zero-order chi connectivity index (χ0) is 17.2. The zero-order valence-corrected chi connectivity index (χ0v) is 13.8. The summed E-state index contributed by atoms with van der Waals surface area (Å²) < 4.78 is 10.6. The van der Waals surface area contributed by atoms with E-state index in [4.69, 9.17) is 20.2 Å². The Morgan fingerprint density at radius 3 is 2.60 bits per heavy atom. The van der Waals surface area contributed by atoms with Crippen molar-refractivity contribution < 1.29 is 9.47 Å². The van der Waals surface area contributed by atoms with Gasteiger partial charge in [0.05, 0.1) is 37.2 Å². The summed E-state index contributed by atoms with van der Waals surface area (Å²) >= 11 is 0. The van der Waals surface area contributed by atoms with E-state index in [0.29, 0.717) is 30.1 Å². The number of nitrogens with two attached hydrogens (primary N) is 1. The normalized spacial score (nSPS) is 14.7. The summed E-state index contributed by atoms with van der Waals surface area (Å²) in [5.74, 6) is 1.51. The molecule has 1 fully saturated rings. The lowest BCUT2D eigenvalue weighted by Crippen LogP contribution is -2.37. The molecule has 8 heteroatoms. The fourth-order valence-corrected chi connectivity index (χ4v) is 2.83. The van der Waals surface area contributed by atoms with Gasteiger partial charge in [-0.3, -0.25) is 0 Å². The van der Waals surface area contributed by atoms with E-state index in [1.165, 1.54) is 0 Å². The summed E-state index contributed by atoms with van der Waals surface area (Å²) in [5, 5.41) is 0. The highest BCUT2D eigenvalue weighted by molar-refractivity contribution is 5.88. The van der Waals surface area contributed by atoms with E-state index >= 15 is 0 Å². The van der Waals surface area contributed by atoms with Crippen LogP contribution in [0.3, 0.4) is 0 Å². The molecule has 2 N–H and O–H groups in total. The fourth-order valence-electron chi connectivity index (χ4n) is 2.83. The molecule has 4 rings (SSSR count). The van der Waals surface area contributed by atoms with Crippen LogP contribution in [0, 0.1) is 0 Å². The molecule has 0 bridgehead atoms. The molecule has 1 aliphatic rings. The zero-order valence-electron chi connectivity index (χ0n) is 13.8. The van der Waals surface area contributed by atoms with E-state index in [1.807, 2.05) is 24.3 Å². The first kappa shape index (κ1) is 15.5. The van der Waals surface area contributed by atoms with Crippen LogP contribution in [-0.4, -0.2) is 53.3 Å². The smallest absolute Gasteiger partial charge is 0.222 e. The van der Waals surface area contributed by atoms with Gasteiger partial charge in [-0.05, 0) is 18.2 Å². The number of anilines is 2. The molecule has 0 radical (unpaired) electrons. The molecule has 3 aromatic heterocycles.